The van der Waals surface area contributed by atoms with Crippen molar-refractivity contribution < 1.29 is 18.3 Å². The molecule has 4 heterocycles. The molecule has 4 aromatic rings. The van der Waals surface area contributed by atoms with Gasteiger partial charge in [-0.1, -0.05) is 0 Å². The van der Waals surface area contributed by atoms with Gasteiger partial charge in [-0.15, -0.1) is 11.3 Å². The van der Waals surface area contributed by atoms with Crippen LogP contribution in [0.15, 0.2) is 35.8 Å². The van der Waals surface area contributed by atoms with E-state index in [1.807, 2.05) is 0 Å². The highest BCUT2D eigenvalue weighted by molar-refractivity contribution is 7.15. The van der Waals surface area contributed by atoms with Crippen LogP contribution in [0, 0.1) is 0 Å². The van der Waals surface area contributed by atoms with E-state index in [9.17, 15) is 23.1 Å². The van der Waals surface area contributed by atoms with Crippen LogP contribution in [0.5, 0.6) is 0 Å². The molecule has 0 radical (unpaired) electrons. The SMILES string of the molecule is C[C@@H](CO)n1cnc2c(-c3cnn(C)c3)nc(-c3cnc(C(F)(F)F)s3)cc2c1=O. The molecule has 12 heteroatoms. The third-order valence-electron chi connectivity index (χ3n) is 4.49. The lowest BCUT2D eigenvalue weighted by atomic mass is 10.1. The zero-order valence-corrected chi connectivity index (χ0v) is 16.6. The fourth-order valence-electron chi connectivity index (χ4n) is 2.94. The van der Waals surface area contributed by atoms with E-state index in [2.05, 4.69) is 20.1 Å². The molecule has 0 saturated carbocycles. The molecular formula is C18H15F3N6O2S. The summed E-state index contributed by atoms with van der Waals surface area (Å²) in [6.45, 7) is 1.38. The van der Waals surface area contributed by atoms with E-state index in [0.717, 1.165) is 6.20 Å². The Kier molecular flexibility index (Phi) is 4.90. The Balaban J connectivity index is 2.00. The molecule has 0 fully saturated rings. The van der Waals surface area contributed by atoms with Crippen LogP contribution in [0.25, 0.3) is 32.7 Å². The molecular weight excluding hydrogens is 421 g/mol. The van der Waals surface area contributed by atoms with Crippen LogP contribution >= 0.6 is 11.3 Å². The second-order valence-corrected chi connectivity index (χ2v) is 7.70. The van der Waals surface area contributed by atoms with Crippen molar-refractivity contribution in [1.29, 1.82) is 0 Å². The third kappa shape index (κ3) is 3.48. The van der Waals surface area contributed by atoms with Crippen LogP contribution in [0.3, 0.4) is 0 Å². The van der Waals surface area contributed by atoms with Crippen molar-refractivity contribution in [1.82, 2.24) is 29.3 Å². The predicted molar refractivity (Wildman–Crippen MR) is 104 cm³/mol. The fraction of sp³-hybridized carbons (Fsp3) is 0.278. The molecule has 156 valence electrons. The Bertz CT molecular complexity index is 1290. The van der Waals surface area contributed by atoms with Crippen LogP contribution in [0.4, 0.5) is 13.2 Å². The van der Waals surface area contributed by atoms with Gasteiger partial charge in [-0.3, -0.25) is 14.0 Å². The van der Waals surface area contributed by atoms with Gasteiger partial charge in [-0.25, -0.2) is 15.0 Å². The van der Waals surface area contributed by atoms with E-state index in [0.29, 0.717) is 28.1 Å². The van der Waals surface area contributed by atoms with Crippen molar-refractivity contribution in [2.45, 2.75) is 19.1 Å². The first-order valence-corrected chi connectivity index (χ1v) is 9.56. The van der Waals surface area contributed by atoms with Crippen LogP contribution in [0.1, 0.15) is 18.0 Å². The van der Waals surface area contributed by atoms with E-state index >= 15 is 0 Å². The monoisotopic (exact) mass is 436 g/mol. The Labute approximate surface area is 171 Å². The highest BCUT2D eigenvalue weighted by atomic mass is 32.1. The highest BCUT2D eigenvalue weighted by Crippen LogP contribution is 2.37. The van der Waals surface area contributed by atoms with Gasteiger partial charge in [0, 0.05) is 25.0 Å². The predicted octanol–water partition coefficient (Wildman–Crippen LogP) is 2.89. The van der Waals surface area contributed by atoms with Gasteiger partial charge >= 0.3 is 6.18 Å². The van der Waals surface area contributed by atoms with Gasteiger partial charge in [-0.2, -0.15) is 18.3 Å². The summed E-state index contributed by atoms with van der Waals surface area (Å²) >= 11 is 0.443. The van der Waals surface area contributed by atoms with Gasteiger partial charge in [0.2, 0.25) is 0 Å². The fourth-order valence-corrected chi connectivity index (χ4v) is 3.68. The Morgan fingerprint density at radius 1 is 1.27 bits per heavy atom. The number of alkyl halides is 3. The van der Waals surface area contributed by atoms with Gasteiger partial charge in [0.1, 0.15) is 11.2 Å². The van der Waals surface area contributed by atoms with E-state index < -0.39 is 22.8 Å². The second-order valence-electron chi connectivity index (χ2n) is 6.67. The molecule has 0 saturated heterocycles. The number of aromatic nitrogens is 6. The van der Waals surface area contributed by atoms with Crippen LogP contribution < -0.4 is 5.56 Å². The largest absolute Gasteiger partial charge is 0.443 e. The third-order valence-corrected chi connectivity index (χ3v) is 5.55. The summed E-state index contributed by atoms with van der Waals surface area (Å²) < 4.78 is 41.8. The summed E-state index contributed by atoms with van der Waals surface area (Å²) in [7, 11) is 1.71. The number of pyridine rings is 1. The normalized spacial score (nSPS) is 13.1. The molecule has 0 aliphatic carbocycles. The first-order valence-electron chi connectivity index (χ1n) is 8.74. The number of rotatable bonds is 4. The second kappa shape index (κ2) is 7.29. The van der Waals surface area contributed by atoms with Gasteiger partial charge in [0.15, 0.2) is 5.01 Å². The molecule has 4 rings (SSSR count). The molecule has 8 nitrogen and oxygen atoms in total. The lowest BCUT2D eigenvalue weighted by molar-refractivity contribution is -0.137. The Hall–Kier alpha value is -3.12. The van der Waals surface area contributed by atoms with E-state index in [4.69, 9.17) is 0 Å². The number of hydrogen-bond donors (Lipinski definition) is 1. The van der Waals surface area contributed by atoms with Crippen molar-refractivity contribution >= 4 is 22.2 Å². The van der Waals surface area contributed by atoms with Crippen LogP contribution in [-0.2, 0) is 13.2 Å². The summed E-state index contributed by atoms with van der Waals surface area (Å²) in [6.07, 6.45) is 1.03. The molecule has 0 unspecified atom stereocenters. The molecule has 0 aromatic carbocycles. The topological polar surface area (TPSA) is 98.7 Å². The maximum Gasteiger partial charge on any atom is 0.443 e. The average Bonchev–Trinajstić information content (AvgIpc) is 3.36. The summed E-state index contributed by atoms with van der Waals surface area (Å²) in [6, 6.07) is 0.881. The Morgan fingerprint density at radius 3 is 2.63 bits per heavy atom. The van der Waals surface area contributed by atoms with Crippen molar-refractivity contribution in [2.24, 2.45) is 7.05 Å². The van der Waals surface area contributed by atoms with Crippen LogP contribution in [0.2, 0.25) is 0 Å². The summed E-state index contributed by atoms with van der Waals surface area (Å²) in [5, 5.41) is 12.7. The molecule has 0 aliphatic heterocycles. The minimum atomic E-state index is -4.57. The zero-order valence-electron chi connectivity index (χ0n) is 15.8. The maximum absolute atomic E-state index is 13.0. The molecule has 1 atom stereocenters. The quantitative estimate of drug-likeness (QED) is 0.528. The van der Waals surface area contributed by atoms with Crippen molar-refractivity contribution in [3.8, 4) is 21.8 Å². The zero-order chi connectivity index (χ0) is 21.6. The molecule has 0 aliphatic rings. The number of halogens is 3. The van der Waals surface area contributed by atoms with Crippen LogP contribution in [-0.4, -0.2) is 41.0 Å². The minimum Gasteiger partial charge on any atom is -0.394 e. The van der Waals surface area contributed by atoms with Gasteiger partial charge < -0.3 is 5.11 Å². The smallest absolute Gasteiger partial charge is 0.394 e. The number of nitrogens with zero attached hydrogens (tertiary/aromatic N) is 6. The summed E-state index contributed by atoms with van der Waals surface area (Å²) in [5.74, 6) is 0. The van der Waals surface area contributed by atoms with Gasteiger partial charge in [-0.05, 0) is 13.0 Å². The molecule has 0 spiro atoms. The summed E-state index contributed by atoms with van der Waals surface area (Å²) in [5.41, 5.74) is 0.903. The van der Waals surface area contributed by atoms with E-state index in [1.165, 1.54) is 23.2 Å². The summed E-state index contributed by atoms with van der Waals surface area (Å²) in [4.78, 5) is 25.5. The van der Waals surface area contributed by atoms with Gasteiger partial charge in [0.25, 0.3) is 5.56 Å². The van der Waals surface area contributed by atoms with Crippen molar-refractivity contribution in [3.05, 3.63) is 46.3 Å². The van der Waals surface area contributed by atoms with E-state index in [-0.39, 0.29) is 22.6 Å². The Morgan fingerprint density at radius 2 is 2.03 bits per heavy atom. The minimum absolute atomic E-state index is 0.166. The molecule has 30 heavy (non-hydrogen) atoms. The highest BCUT2D eigenvalue weighted by Gasteiger charge is 2.35. The van der Waals surface area contributed by atoms with Crippen molar-refractivity contribution in [3.63, 3.8) is 0 Å². The lowest BCUT2D eigenvalue weighted by Crippen LogP contribution is -2.25. The molecule has 0 bridgehead atoms. The maximum atomic E-state index is 13.0. The number of aliphatic hydroxyl groups is 1. The molecule has 4 aromatic heterocycles. The number of thiazole rings is 1. The van der Waals surface area contributed by atoms with Crippen molar-refractivity contribution in [2.75, 3.05) is 6.61 Å². The number of fused-ring (bicyclic) bond motifs is 1. The first-order chi connectivity index (χ1) is 14.2. The van der Waals surface area contributed by atoms with Gasteiger partial charge in [0.05, 0.1) is 41.1 Å². The van der Waals surface area contributed by atoms with E-state index in [1.54, 1.807) is 24.9 Å². The molecule has 0 amide bonds. The number of aryl methyl sites for hydroxylation is 1. The average molecular weight is 436 g/mol. The lowest BCUT2D eigenvalue weighted by Gasteiger charge is -2.13. The number of aliphatic hydroxyl groups excluding tert-OH is 1. The number of hydrogen-bond acceptors (Lipinski definition) is 7. The molecule has 1 N–H and O–H groups in total. The first kappa shape index (κ1) is 20.2. The standard InChI is InChI=1S/C18H15F3N6O2S/c1-9(7-28)27-8-23-15-11(16(27)29)3-12(13-5-22-17(30-13)18(19,20)21)25-14(15)10-4-24-26(2)6-10/h3-6,8-9,28H,7H2,1-2H3/t9-/m0/s1.